The molecule has 0 aromatic heterocycles. The smallest absolute Gasteiger partial charge is 0.355 e. The lowest BCUT2D eigenvalue weighted by atomic mass is 9.96. The fraction of sp³-hybridized carbons (Fsp3) is 0.900. The van der Waals surface area contributed by atoms with Crippen molar-refractivity contribution in [3.63, 3.8) is 0 Å². The predicted molar refractivity (Wildman–Crippen MR) is 65.0 cm³/mol. The highest BCUT2D eigenvalue weighted by Crippen LogP contribution is 2.38. The molecule has 3 N–H and O–H groups in total. The molecule has 0 amide bonds. The van der Waals surface area contributed by atoms with Gasteiger partial charge in [-0.05, 0) is 0 Å². The Morgan fingerprint density at radius 1 is 1.37 bits per heavy atom. The third-order valence-corrected chi connectivity index (χ3v) is 4.28. The Morgan fingerprint density at radius 2 is 2.00 bits per heavy atom. The van der Waals surface area contributed by atoms with Gasteiger partial charge < -0.3 is 25.0 Å². The van der Waals surface area contributed by atoms with Crippen molar-refractivity contribution >= 4 is 16.9 Å². The lowest BCUT2D eigenvalue weighted by Crippen LogP contribution is -2.55. The molecule has 0 spiro atoms. The van der Waals surface area contributed by atoms with Gasteiger partial charge in [0.05, 0.1) is 12.5 Å². The van der Waals surface area contributed by atoms with Crippen molar-refractivity contribution in [2.45, 2.75) is 42.3 Å². The zero-order valence-electron chi connectivity index (χ0n) is 10.4. The van der Waals surface area contributed by atoms with E-state index in [2.05, 4.69) is 4.99 Å². The van der Waals surface area contributed by atoms with Crippen molar-refractivity contribution in [2.24, 2.45) is 4.99 Å². The van der Waals surface area contributed by atoms with Crippen LogP contribution in [0.25, 0.3) is 0 Å². The fourth-order valence-corrected chi connectivity index (χ4v) is 3.21. The number of amidine groups is 1. The average molecular weight is 298 g/mol. The summed E-state index contributed by atoms with van der Waals surface area (Å²) in [6.07, 6.45) is -9.15. The molecular weight excluding hydrogens is 282 g/mol. The highest BCUT2D eigenvalue weighted by molar-refractivity contribution is 8.14. The zero-order chi connectivity index (χ0) is 14.4. The van der Waals surface area contributed by atoms with E-state index >= 15 is 0 Å². The maximum atomic E-state index is 12.6. The molecule has 0 bridgehead atoms. The average Bonchev–Trinajstić information content (AvgIpc) is 2.67. The molecule has 0 saturated carbocycles. The summed E-state index contributed by atoms with van der Waals surface area (Å²) < 4.78 is 30.5. The molecule has 5 atom stereocenters. The van der Waals surface area contributed by atoms with Crippen LogP contribution >= 0.6 is 11.8 Å². The molecule has 0 radical (unpaired) electrons. The summed E-state index contributed by atoms with van der Waals surface area (Å²) >= 11 is 1.19. The summed E-state index contributed by atoms with van der Waals surface area (Å²) in [4.78, 5) is 5.90. The monoisotopic (exact) mass is 298 g/mol. The third kappa shape index (κ3) is 3.16. The van der Waals surface area contributed by atoms with Crippen LogP contribution in [-0.2, 0) is 4.74 Å². The van der Waals surface area contributed by atoms with E-state index in [0.717, 1.165) is 0 Å². The van der Waals surface area contributed by atoms with E-state index in [1.165, 1.54) is 11.8 Å². The molecule has 0 aromatic carbocycles. The summed E-state index contributed by atoms with van der Waals surface area (Å²) in [6, 6.07) is -0.694. The van der Waals surface area contributed by atoms with E-state index in [-0.39, 0.29) is 0 Å². The first kappa shape index (κ1) is 14.9. The first-order valence-electron chi connectivity index (χ1n) is 5.72. The topological polar surface area (TPSA) is 85.5 Å². The first-order chi connectivity index (χ1) is 8.69. The van der Waals surface area contributed by atoms with Crippen molar-refractivity contribution in [1.82, 2.24) is 4.90 Å². The minimum atomic E-state index is -3.95. The highest BCUT2D eigenvalue weighted by atomic mass is 32.2. The van der Waals surface area contributed by atoms with Gasteiger partial charge >= 0.3 is 6.11 Å². The van der Waals surface area contributed by atoms with Crippen LogP contribution in [0, 0.1) is 0 Å². The summed E-state index contributed by atoms with van der Waals surface area (Å²) in [5.74, 6) is 0. The summed E-state index contributed by atoms with van der Waals surface area (Å²) in [5.41, 5.74) is -0.636. The van der Waals surface area contributed by atoms with Crippen molar-refractivity contribution in [3.8, 4) is 0 Å². The quantitative estimate of drug-likeness (QED) is 0.634. The molecule has 1 saturated heterocycles. The number of hydrogen-bond donors (Lipinski definition) is 3. The molecule has 1 fully saturated rings. The molecule has 2 rings (SSSR count). The first-order valence-corrected chi connectivity index (χ1v) is 6.60. The van der Waals surface area contributed by atoms with Gasteiger partial charge in [0.25, 0.3) is 0 Å². The van der Waals surface area contributed by atoms with E-state index in [0.29, 0.717) is 5.17 Å². The lowest BCUT2D eigenvalue weighted by Gasteiger charge is -2.38. The summed E-state index contributed by atoms with van der Waals surface area (Å²) in [7, 11) is 3.51. The molecule has 2 aliphatic heterocycles. The Hall–Kier alpha value is -0.480. The summed E-state index contributed by atoms with van der Waals surface area (Å²) in [5, 5.41) is 28.8. The standard InChI is InChI=1S/C10H16F2N2O4S/c1-14(2)9-13-5-7(16)6(15)4(3-10(11,12)17)18-8(5)19-9/h4-8,15-17H,3H2,1-2H3. The Bertz CT molecular complexity index is 377. The number of hydrogen-bond acceptors (Lipinski definition) is 7. The van der Waals surface area contributed by atoms with E-state index in [4.69, 9.17) is 9.84 Å². The van der Waals surface area contributed by atoms with Gasteiger partial charge in [0.15, 0.2) is 5.17 Å². The largest absolute Gasteiger partial charge is 0.388 e. The number of fused-ring (bicyclic) bond motifs is 1. The number of nitrogens with zero attached hydrogens (tertiary/aromatic N) is 2. The molecule has 110 valence electrons. The number of aliphatic imine (C=N–C) groups is 1. The Kier molecular flexibility index (Phi) is 4.03. The van der Waals surface area contributed by atoms with Crippen LogP contribution in [0.15, 0.2) is 4.99 Å². The Labute approximate surface area is 113 Å². The van der Waals surface area contributed by atoms with Crippen LogP contribution in [0.5, 0.6) is 0 Å². The van der Waals surface area contributed by atoms with Crippen molar-refractivity contribution < 1.29 is 28.8 Å². The number of thioether (sulfide) groups is 1. The number of aliphatic hydroxyl groups is 3. The maximum absolute atomic E-state index is 12.6. The van der Waals surface area contributed by atoms with Crippen LogP contribution in [0.3, 0.4) is 0 Å². The number of aliphatic hydroxyl groups excluding tert-OH is 2. The molecule has 0 aromatic rings. The highest BCUT2D eigenvalue weighted by Gasteiger charge is 2.50. The van der Waals surface area contributed by atoms with Gasteiger partial charge in [0.1, 0.15) is 23.7 Å². The van der Waals surface area contributed by atoms with Crippen LogP contribution in [0.2, 0.25) is 0 Å². The van der Waals surface area contributed by atoms with Gasteiger partial charge in [0.2, 0.25) is 0 Å². The van der Waals surface area contributed by atoms with Gasteiger partial charge in [-0.2, -0.15) is 8.78 Å². The number of alkyl halides is 2. The minimum absolute atomic E-state index is 0.595. The van der Waals surface area contributed by atoms with Gasteiger partial charge in [0, 0.05) is 14.1 Å². The molecule has 2 heterocycles. The van der Waals surface area contributed by atoms with Crippen LogP contribution < -0.4 is 0 Å². The van der Waals surface area contributed by atoms with E-state index in [9.17, 15) is 19.0 Å². The van der Waals surface area contributed by atoms with E-state index in [1.54, 1.807) is 19.0 Å². The predicted octanol–water partition coefficient (Wildman–Crippen LogP) is -0.559. The zero-order valence-corrected chi connectivity index (χ0v) is 11.2. The van der Waals surface area contributed by atoms with Gasteiger partial charge in [-0.3, -0.25) is 4.99 Å². The fourth-order valence-electron chi connectivity index (χ4n) is 2.04. The third-order valence-electron chi connectivity index (χ3n) is 2.98. The van der Waals surface area contributed by atoms with Crippen LogP contribution in [0.4, 0.5) is 8.78 Å². The molecule has 2 aliphatic rings. The maximum Gasteiger partial charge on any atom is 0.355 e. The van der Waals surface area contributed by atoms with Crippen molar-refractivity contribution in [3.05, 3.63) is 0 Å². The molecule has 6 nitrogen and oxygen atoms in total. The number of ether oxygens (including phenoxy) is 1. The summed E-state index contributed by atoms with van der Waals surface area (Å²) in [6.45, 7) is 0. The molecular formula is C10H16F2N2O4S. The van der Waals surface area contributed by atoms with Crippen molar-refractivity contribution in [1.29, 1.82) is 0 Å². The van der Waals surface area contributed by atoms with Gasteiger partial charge in [-0.15, -0.1) is 0 Å². The second-order valence-corrected chi connectivity index (χ2v) is 5.87. The van der Waals surface area contributed by atoms with Gasteiger partial charge in [-0.1, -0.05) is 11.8 Å². The molecule has 9 heteroatoms. The van der Waals surface area contributed by atoms with Crippen molar-refractivity contribution in [2.75, 3.05) is 14.1 Å². The number of rotatable bonds is 2. The normalized spacial score (nSPS) is 38.9. The van der Waals surface area contributed by atoms with E-state index < -0.39 is 42.3 Å². The molecule has 0 aliphatic carbocycles. The van der Waals surface area contributed by atoms with Crippen LogP contribution in [-0.4, -0.2) is 75.4 Å². The van der Waals surface area contributed by atoms with Crippen LogP contribution in [0.1, 0.15) is 6.42 Å². The Morgan fingerprint density at radius 3 is 2.53 bits per heavy atom. The van der Waals surface area contributed by atoms with Gasteiger partial charge in [-0.25, -0.2) is 0 Å². The lowest BCUT2D eigenvalue weighted by molar-refractivity contribution is -0.245. The molecule has 19 heavy (non-hydrogen) atoms. The minimum Gasteiger partial charge on any atom is -0.388 e. The number of halogens is 2. The second-order valence-electron chi connectivity index (χ2n) is 4.81. The Balaban J connectivity index is 2.10. The SMILES string of the molecule is CN(C)C1=NC2C(OC(CC(O)(F)F)C(O)C2O)S1. The molecule has 5 unspecified atom stereocenters. The second kappa shape index (κ2) is 5.13. The van der Waals surface area contributed by atoms with E-state index in [1.807, 2.05) is 0 Å².